The van der Waals surface area contributed by atoms with Crippen LogP contribution >= 0.6 is 0 Å². The van der Waals surface area contributed by atoms with Crippen LogP contribution < -0.4 is 10.0 Å². The minimum Gasteiger partial charge on any atom is -0.378 e. The van der Waals surface area contributed by atoms with Gasteiger partial charge in [0.15, 0.2) is 0 Å². The Bertz CT molecular complexity index is 300. The molecule has 2 N–H and O–H groups in total. The molecule has 0 bridgehead atoms. The van der Waals surface area contributed by atoms with E-state index in [-0.39, 0.29) is 11.9 Å². The first kappa shape index (κ1) is 15.9. The van der Waals surface area contributed by atoms with Gasteiger partial charge >= 0.3 is 0 Å². The molecule has 0 aliphatic carbocycles. The third-order valence-corrected chi connectivity index (χ3v) is 4.48. The van der Waals surface area contributed by atoms with E-state index < -0.39 is 10.0 Å². The molecule has 1 rings (SSSR count). The highest BCUT2D eigenvalue weighted by molar-refractivity contribution is 7.89. The minimum absolute atomic E-state index is 0.204. The molecule has 1 saturated heterocycles. The van der Waals surface area contributed by atoms with Crippen molar-refractivity contribution in [3.8, 4) is 0 Å². The molecule has 0 aromatic rings. The Balaban J connectivity index is 2.03. The minimum atomic E-state index is -3.11. The van der Waals surface area contributed by atoms with E-state index in [1.54, 1.807) is 0 Å². The predicted molar refractivity (Wildman–Crippen MR) is 73.2 cm³/mol. The molecule has 1 fully saturated rings. The van der Waals surface area contributed by atoms with Gasteiger partial charge in [-0.05, 0) is 45.2 Å². The van der Waals surface area contributed by atoms with Crippen molar-refractivity contribution in [3.05, 3.63) is 0 Å². The molecule has 1 heterocycles. The van der Waals surface area contributed by atoms with E-state index in [4.69, 9.17) is 4.74 Å². The van der Waals surface area contributed by atoms with E-state index >= 15 is 0 Å². The van der Waals surface area contributed by atoms with Crippen LogP contribution in [0.5, 0.6) is 0 Å². The standard InChI is InChI=1S/C12H26N2O3S/c1-2-7-13-8-4-11-18(15,16)14-9-6-12-5-3-10-17-12/h12-14H,2-11H2,1H3. The van der Waals surface area contributed by atoms with Gasteiger partial charge in [-0.15, -0.1) is 0 Å². The summed E-state index contributed by atoms with van der Waals surface area (Å²) in [5.41, 5.74) is 0. The van der Waals surface area contributed by atoms with Crippen LogP contribution in [0.25, 0.3) is 0 Å². The molecular formula is C12H26N2O3S. The van der Waals surface area contributed by atoms with E-state index in [9.17, 15) is 8.42 Å². The Labute approximate surface area is 111 Å². The molecule has 0 spiro atoms. The van der Waals surface area contributed by atoms with Crippen LogP contribution in [-0.2, 0) is 14.8 Å². The number of hydrogen-bond donors (Lipinski definition) is 2. The zero-order valence-corrected chi connectivity index (χ0v) is 12.1. The Morgan fingerprint density at radius 3 is 2.78 bits per heavy atom. The highest BCUT2D eigenvalue weighted by atomic mass is 32.2. The lowest BCUT2D eigenvalue weighted by molar-refractivity contribution is 0.105. The molecule has 0 aromatic carbocycles. The monoisotopic (exact) mass is 278 g/mol. The first-order chi connectivity index (χ1) is 8.64. The molecule has 1 unspecified atom stereocenters. The van der Waals surface area contributed by atoms with Crippen molar-refractivity contribution >= 4 is 10.0 Å². The van der Waals surface area contributed by atoms with E-state index in [2.05, 4.69) is 17.0 Å². The van der Waals surface area contributed by atoms with E-state index in [0.29, 0.717) is 13.0 Å². The topological polar surface area (TPSA) is 67.4 Å². The van der Waals surface area contributed by atoms with Gasteiger partial charge in [0, 0.05) is 13.2 Å². The van der Waals surface area contributed by atoms with E-state index in [1.807, 2.05) is 0 Å². The molecular weight excluding hydrogens is 252 g/mol. The Morgan fingerprint density at radius 2 is 2.11 bits per heavy atom. The van der Waals surface area contributed by atoms with Crippen LogP contribution in [0.2, 0.25) is 0 Å². The summed E-state index contributed by atoms with van der Waals surface area (Å²) in [6, 6.07) is 0. The second-order valence-corrected chi connectivity index (χ2v) is 6.67. The molecule has 1 aliphatic heterocycles. The van der Waals surface area contributed by atoms with Gasteiger partial charge in [0.1, 0.15) is 0 Å². The van der Waals surface area contributed by atoms with Crippen LogP contribution in [-0.4, -0.2) is 46.5 Å². The zero-order chi connectivity index (χ0) is 13.3. The van der Waals surface area contributed by atoms with Gasteiger partial charge < -0.3 is 10.1 Å². The van der Waals surface area contributed by atoms with Crippen LogP contribution in [0.15, 0.2) is 0 Å². The summed E-state index contributed by atoms with van der Waals surface area (Å²) in [5, 5.41) is 3.20. The first-order valence-corrected chi connectivity index (χ1v) is 8.59. The SMILES string of the molecule is CCCNCCCS(=O)(=O)NCCC1CCCO1. The van der Waals surface area contributed by atoms with Gasteiger partial charge in [-0.25, -0.2) is 13.1 Å². The van der Waals surface area contributed by atoms with E-state index in [0.717, 1.165) is 45.4 Å². The maximum atomic E-state index is 11.7. The Hall–Kier alpha value is -0.170. The number of nitrogens with one attached hydrogen (secondary N) is 2. The fourth-order valence-corrected chi connectivity index (χ4v) is 3.11. The maximum Gasteiger partial charge on any atom is 0.211 e. The highest BCUT2D eigenvalue weighted by Crippen LogP contribution is 2.14. The van der Waals surface area contributed by atoms with Crippen LogP contribution in [0, 0.1) is 0 Å². The van der Waals surface area contributed by atoms with Crippen LogP contribution in [0.4, 0.5) is 0 Å². The van der Waals surface area contributed by atoms with Crippen molar-refractivity contribution in [2.75, 3.05) is 32.0 Å². The fourth-order valence-electron chi connectivity index (χ4n) is 2.01. The van der Waals surface area contributed by atoms with Gasteiger partial charge in [0.2, 0.25) is 10.0 Å². The van der Waals surface area contributed by atoms with Gasteiger partial charge in [0.25, 0.3) is 0 Å². The van der Waals surface area contributed by atoms with Crippen molar-refractivity contribution in [1.82, 2.24) is 10.0 Å². The van der Waals surface area contributed by atoms with Gasteiger partial charge in [-0.3, -0.25) is 0 Å². The fraction of sp³-hybridized carbons (Fsp3) is 1.00. The van der Waals surface area contributed by atoms with Crippen molar-refractivity contribution in [2.24, 2.45) is 0 Å². The molecule has 1 atom stereocenters. The third-order valence-electron chi connectivity index (χ3n) is 3.01. The smallest absolute Gasteiger partial charge is 0.211 e. The lowest BCUT2D eigenvalue weighted by Crippen LogP contribution is -2.30. The number of ether oxygens (including phenoxy) is 1. The first-order valence-electron chi connectivity index (χ1n) is 6.93. The quantitative estimate of drug-likeness (QED) is 0.582. The normalized spacial score (nSPS) is 20.4. The van der Waals surface area contributed by atoms with Crippen molar-refractivity contribution in [1.29, 1.82) is 0 Å². The second-order valence-electron chi connectivity index (χ2n) is 4.74. The molecule has 1 aliphatic rings. The lowest BCUT2D eigenvalue weighted by Gasteiger charge is -2.10. The van der Waals surface area contributed by atoms with Crippen molar-refractivity contribution in [3.63, 3.8) is 0 Å². The molecule has 0 radical (unpaired) electrons. The third kappa shape index (κ3) is 7.31. The summed E-state index contributed by atoms with van der Waals surface area (Å²) in [4.78, 5) is 0. The van der Waals surface area contributed by atoms with Gasteiger partial charge in [-0.1, -0.05) is 6.92 Å². The lowest BCUT2D eigenvalue weighted by atomic mass is 10.2. The second kappa shape index (κ2) is 8.85. The van der Waals surface area contributed by atoms with E-state index in [1.165, 1.54) is 0 Å². The number of hydrogen-bond acceptors (Lipinski definition) is 4. The Morgan fingerprint density at radius 1 is 1.28 bits per heavy atom. The summed E-state index contributed by atoms with van der Waals surface area (Å²) in [5.74, 6) is 0.204. The summed E-state index contributed by atoms with van der Waals surface area (Å²) in [6.07, 6.45) is 4.93. The van der Waals surface area contributed by atoms with Crippen molar-refractivity contribution < 1.29 is 13.2 Å². The van der Waals surface area contributed by atoms with Gasteiger partial charge in [-0.2, -0.15) is 0 Å². The average molecular weight is 278 g/mol. The van der Waals surface area contributed by atoms with Crippen molar-refractivity contribution in [2.45, 2.75) is 45.1 Å². The number of sulfonamides is 1. The zero-order valence-electron chi connectivity index (χ0n) is 11.3. The Kier molecular flexibility index (Phi) is 7.81. The van der Waals surface area contributed by atoms with Gasteiger partial charge in [0.05, 0.1) is 11.9 Å². The van der Waals surface area contributed by atoms with Crippen LogP contribution in [0.1, 0.15) is 39.0 Å². The molecule has 5 nitrogen and oxygen atoms in total. The molecule has 0 amide bonds. The number of rotatable bonds is 10. The summed E-state index contributed by atoms with van der Waals surface area (Å²) < 4.78 is 31.4. The molecule has 18 heavy (non-hydrogen) atoms. The van der Waals surface area contributed by atoms with Crippen LogP contribution in [0.3, 0.4) is 0 Å². The molecule has 0 aromatic heterocycles. The molecule has 0 saturated carbocycles. The molecule has 6 heteroatoms. The highest BCUT2D eigenvalue weighted by Gasteiger charge is 2.16. The largest absolute Gasteiger partial charge is 0.378 e. The average Bonchev–Trinajstić information content (AvgIpc) is 2.81. The summed E-state index contributed by atoms with van der Waals surface area (Å²) in [7, 11) is -3.11. The maximum absolute atomic E-state index is 11.7. The molecule has 108 valence electrons. The predicted octanol–water partition coefficient (Wildman–Crippen LogP) is 0.865. The summed E-state index contributed by atoms with van der Waals surface area (Å²) >= 11 is 0. The summed E-state index contributed by atoms with van der Waals surface area (Å²) in [6.45, 7) is 5.12.